The number of hydrogen-bond donors (Lipinski definition) is 0. The van der Waals surface area contributed by atoms with E-state index in [0.717, 1.165) is 37.6 Å². The molecule has 0 radical (unpaired) electrons. The fraction of sp³-hybridized carbons (Fsp3) is 0.333. The van der Waals surface area contributed by atoms with Crippen LogP contribution in [-0.4, -0.2) is 68.9 Å². The number of thioether (sulfide) groups is 1. The summed E-state index contributed by atoms with van der Waals surface area (Å²) in [7, 11) is 0. The quantitative estimate of drug-likeness (QED) is 0.340. The number of ether oxygens (including phenoxy) is 2. The number of carbonyl (C=O) groups is 1. The summed E-state index contributed by atoms with van der Waals surface area (Å²) in [4.78, 5) is 38.1. The molecule has 0 N–H and O–H groups in total. The largest absolute Gasteiger partial charge is 0.454 e. The van der Waals surface area contributed by atoms with E-state index in [2.05, 4.69) is 15.9 Å². The van der Waals surface area contributed by atoms with Gasteiger partial charge in [0, 0.05) is 45.5 Å². The highest BCUT2D eigenvalue weighted by atomic mass is 32.2. The summed E-state index contributed by atoms with van der Waals surface area (Å²) < 4.78 is 13.0. The minimum atomic E-state index is -0.200. The van der Waals surface area contributed by atoms with Crippen molar-refractivity contribution in [3.8, 4) is 11.5 Å². The number of pyridine rings is 1. The topological polar surface area (TPSA) is 79.6 Å². The first-order valence-corrected chi connectivity index (χ1v) is 13.9. The molecule has 2 fully saturated rings. The number of aromatic nitrogens is 2. The lowest BCUT2D eigenvalue weighted by molar-refractivity contribution is -0.122. The van der Waals surface area contributed by atoms with E-state index in [9.17, 15) is 9.59 Å². The third kappa shape index (κ3) is 4.65. The normalized spacial score (nSPS) is 18.8. The molecule has 2 aromatic heterocycles. The number of benzene rings is 1. The maximum absolute atomic E-state index is 13.6. The molecule has 11 heteroatoms. The second-order valence-corrected chi connectivity index (χ2v) is 11.0. The molecule has 0 atom stereocenters. The number of hydrogen-bond acceptors (Lipinski definition) is 9. The van der Waals surface area contributed by atoms with E-state index in [4.69, 9.17) is 26.7 Å². The van der Waals surface area contributed by atoms with Crippen LogP contribution in [0.15, 0.2) is 52.3 Å². The molecule has 9 nitrogen and oxygen atoms in total. The van der Waals surface area contributed by atoms with Crippen LogP contribution in [0, 0.1) is 0 Å². The Bertz CT molecular complexity index is 1510. The van der Waals surface area contributed by atoms with Crippen LogP contribution >= 0.6 is 24.0 Å². The predicted molar refractivity (Wildman–Crippen MR) is 152 cm³/mol. The Morgan fingerprint density at radius 3 is 2.71 bits per heavy atom. The summed E-state index contributed by atoms with van der Waals surface area (Å²) in [5.41, 5.74) is 1.95. The fourth-order valence-electron chi connectivity index (χ4n) is 4.92. The standard InChI is InChI=1S/C27H27N5O4S2/c1-2-8-32-26(34)22(38-27(32)37)15-19-24(28-23-5-3-4-9-31(23)25(19)33)30-12-10-29(11-13-30)16-18-6-7-20-21(14-18)36-17-35-20/h3-7,9,14-15H,2,8,10-13,16-17H2,1H3/b22-15-. The number of rotatable bonds is 6. The summed E-state index contributed by atoms with van der Waals surface area (Å²) in [5, 5.41) is 0. The Hall–Kier alpha value is -3.41. The average molecular weight is 550 g/mol. The molecule has 3 aliphatic heterocycles. The molecular weight excluding hydrogens is 522 g/mol. The maximum atomic E-state index is 13.6. The Morgan fingerprint density at radius 1 is 1.08 bits per heavy atom. The molecule has 0 bridgehead atoms. The minimum absolute atomic E-state index is 0.154. The van der Waals surface area contributed by atoms with E-state index in [0.29, 0.717) is 45.9 Å². The summed E-state index contributed by atoms with van der Waals surface area (Å²) >= 11 is 6.68. The van der Waals surface area contributed by atoms with Crippen molar-refractivity contribution in [1.29, 1.82) is 0 Å². The number of nitrogens with zero attached hydrogens (tertiary/aromatic N) is 5. The van der Waals surface area contributed by atoms with Crippen LogP contribution in [0.5, 0.6) is 11.5 Å². The molecule has 0 saturated carbocycles. The lowest BCUT2D eigenvalue weighted by Gasteiger charge is -2.36. The molecule has 0 unspecified atom stereocenters. The van der Waals surface area contributed by atoms with Gasteiger partial charge in [0.05, 0.1) is 10.5 Å². The molecule has 1 amide bonds. The smallest absolute Gasteiger partial charge is 0.267 e. The minimum Gasteiger partial charge on any atom is -0.454 e. The van der Waals surface area contributed by atoms with Crippen molar-refractivity contribution in [2.75, 3.05) is 44.4 Å². The number of anilines is 1. The molecule has 196 valence electrons. The van der Waals surface area contributed by atoms with E-state index in [1.807, 2.05) is 31.2 Å². The van der Waals surface area contributed by atoms with Crippen molar-refractivity contribution >= 4 is 51.7 Å². The van der Waals surface area contributed by atoms with Crippen molar-refractivity contribution < 1.29 is 14.3 Å². The number of piperazine rings is 1. The highest BCUT2D eigenvalue weighted by Gasteiger charge is 2.32. The molecule has 1 aromatic carbocycles. The molecule has 2 saturated heterocycles. The van der Waals surface area contributed by atoms with Crippen LogP contribution in [0.1, 0.15) is 24.5 Å². The SMILES string of the molecule is CCCN1C(=O)/C(=C/c2c(N3CCN(Cc4ccc5c(c4)OCO5)CC3)nc3ccccn3c2=O)SC1=S. The van der Waals surface area contributed by atoms with Crippen molar-refractivity contribution in [2.45, 2.75) is 19.9 Å². The molecule has 5 heterocycles. The van der Waals surface area contributed by atoms with Gasteiger partial charge in [-0.25, -0.2) is 4.98 Å². The van der Waals surface area contributed by atoms with Crippen LogP contribution in [0.2, 0.25) is 0 Å². The zero-order valence-electron chi connectivity index (χ0n) is 21.0. The number of fused-ring (bicyclic) bond motifs is 2. The van der Waals surface area contributed by atoms with Crippen LogP contribution in [0.3, 0.4) is 0 Å². The van der Waals surface area contributed by atoms with Crippen LogP contribution in [0.25, 0.3) is 11.7 Å². The lowest BCUT2D eigenvalue weighted by Crippen LogP contribution is -2.47. The third-order valence-corrected chi connectivity index (χ3v) is 8.24. The molecule has 6 rings (SSSR count). The summed E-state index contributed by atoms with van der Waals surface area (Å²) in [6.45, 7) is 6.66. The first kappa shape index (κ1) is 24.9. The van der Waals surface area contributed by atoms with Gasteiger partial charge in [0.25, 0.3) is 11.5 Å². The summed E-state index contributed by atoms with van der Waals surface area (Å²) in [6.07, 6.45) is 4.19. The Kier molecular flexibility index (Phi) is 6.81. The third-order valence-electron chi connectivity index (χ3n) is 6.86. The second-order valence-electron chi connectivity index (χ2n) is 9.37. The number of amides is 1. The van der Waals surface area contributed by atoms with Gasteiger partial charge in [-0.2, -0.15) is 0 Å². The van der Waals surface area contributed by atoms with Crippen molar-refractivity contribution in [1.82, 2.24) is 19.2 Å². The molecule has 0 spiro atoms. The molecule has 0 aliphatic carbocycles. The highest BCUT2D eigenvalue weighted by Crippen LogP contribution is 2.34. The fourth-order valence-corrected chi connectivity index (χ4v) is 6.21. The van der Waals surface area contributed by atoms with Gasteiger partial charge in [-0.15, -0.1) is 0 Å². The Balaban J connectivity index is 1.27. The first-order chi connectivity index (χ1) is 18.5. The van der Waals surface area contributed by atoms with Gasteiger partial charge < -0.3 is 14.4 Å². The Morgan fingerprint density at radius 2 is 1.89 bits per heavy atom. The van der Waals surface area contributed by atoms with Crippen LogP contribution < -0.4 is 19.9 Å². The van der Waals surface area contributed by atoms with Gasteiger partial charge in [-0.3, -0.25) is 23.8 Å². The number of thiocarbonyl (C=S) groups is 1. The summed E-state index contributed by atoms with van der Waals surface area (Å²) in [6, 6.07) is 11.5. The van der Waals surface area contributed by atoms with E-state index in [1.165, 1.54) is 21.7 Å². The van der Waals surface area contributed by atoms with E-state index in [1.54, 1.807) is 23.2 Å². The van der Waals surface area contributed by atoms with E-state index >= 15 is 0 Å². The predicted octanol–water partition coefficient (Wildman–Crippen LogP) is 3.36. The van der Waals surface area contributed by atoms with Gasteiger partial charge in [-0.05, 0) is 42.3 Å². The Labute approximate surface area is 229 Å². The monoisotopic (exact) mass is 549 g/mol. The molecule has 3 aliphatic rings. The molecular formula is C27H27N5O4S2. The second kappa shape index (κ2) is 10.4. The van der Waals surface area contributed by atoms with Crippen LogP contribution in [0.4, 0.5) is 5.82 Å². The average Bonchev–Trinajstić information content (AvgIpc) is 3.50. The number of carbonyl (C=O) groups excluding carboxylic acids is 1. The zero-order valence-corrected chi connectivity index (χ0v) is 22.6. The van der Waals surface area contributed by atoms with Gasteiger partial charge in [0.1, 0.15) is 15.8 Å². The van der Waals surface area contributed by atoms with Crippen molar-refractivity contribution in [3.05, 3.63) is 69.0 Å². The van der Waals surface area contributed by atoms with E-state index in [-0.39, 0.29) is 18.3 Å². The first-order valence-electron chi connectivity index (χ1n) is 12.6. The van der Waals surface area contributed by atoms with Crippen molar-refractivity contribution in [2.24, 2.45) is 0 Å². The maximum Gasteiger partial charge on any atom is 0.267 e. The lowest BCUT2D eigenvalue weighted by atomic mass is 10.1. The zero-order chi connectivity index (χ0) is 26.2. The van der Waals surface area contributed by atoms with E-state index < -0.39 is 0 Å². The van der Waals surface area contributed by atoms with Gasteiger partial charge in [0.2, 0.25) is 6.79 Å². The van der Waals surface area contributed by atoms with Gasteiger partial charge >= 0.3 is 0 Å². The molecule has 38 heavy (non-hydrogen) atoms. The van der Waals surface area contributed by atoms with Gasteiger partial charge in [-0.1, -0.05) is 43.0 Å². The summed E-state index contributed by atoms with van der Waals surface area (Å²) in [5.74, 6) is 2.02. The van der Waals surface area contributed by atoms with Crippen LogP contribution in [-0.2, 0) is 11.3 Å². The highest BCUT2D eigenvalue weighted by molar-refractivity contribution is 8.26. The van der Waals surface area contributed by atoms with Crippen molar-refractivity contribution in [3.63, 3.8) is 0 Å². The van der Waals surface area contributed by atoms with Gasteiger partial charge in [0.15, 0.2) is 11.5 Å². The molecule has 3 aromatic rings.